The fourth-order valence-electron chi connectivity index (χ4n) is 2.55. The van der Waals surface area contributed by atoms with Crippen LogP contribution < -0.4 is 15.4 Å². The summed E-state index contributed by atoms with van der Waals surface area (Å²) in [7, 11) is 1.41. The van der Waals surface area contributed by atoms with E-state index in [0.717, 1.165) is 43.7 Å². The highest BCUT2D eigenvalue weighted by molar-refractivity contribution is 14.0. The van der Waals surface area contributed by atoms with Crippen LogP contribution in [0.25, 0.3) is 0 Å². The number of aliphatic hydroxyl groups excluding tert-OH is 1. The molecule has 0 aliphatic rings. The van der Waals surface area contributed by atoms with E-state index in [4.69, 9.17) is 4.74 Å². The second-order valence-corrected chi connectivity index (χ2v) is 6.78. The molecule has 166 valence electrons. The highest BCUT2D eigenvalue weighted by Gasteiger charge is 2.08. The summed E-state index contributed by atoms with van der Waals surface area (Å²) < 4.78 is 10.2. The van der Waals surface area contributed by atoms with Gasteiger partial charge in [0.25, 0.3) is 0 Å². The summed E-state index contributed by atoms with van der Waals surface area (Å²) in [4.78, 5) is 15.5. The molecule has 1 rings (SSSR count). The van der Waals surface area contributed by atoms with Crippen molar-refractivity contribution in [3.63, 3.8) is 0 Å². The molecule has 0 fully saturated rings. The van der Waals surface area contributed by atoms with Crippen molar-refractivity contribution in [2.75, 3.05) is 26.7 Å². The van der Waals surface area contributed by atoms with Crippen LogP contribution >= 0.6 is 24.0 Å². The van der Waals surface area contributed by atoms with E-state index in [1.165, 1.54) is 7.11 Å². The van der Waals surface area contributed by atoms with Gasteiger partial charge in [-0.1, -0.05) is 18.6 Å². The quantitative estimate of drug-likeness (QED) is 0.128. The van der Waals surface area contributed by atoms with Gasteiger partial charge in [0.15, 0.2) is 5.96 Å². The normalized spacial score (nSPS) is 12.1. The largest absolute Gasteiger partial charge is 0.491 e. The van der Waals surface area contributed by atoms with Gasteiger partial charge in [-0.2, -0.15) is 0 Å². The number of benzene rings is 1. The molecule has 29 heavy (non-hydrogen) atoms. The summed E-state index contributed by atoms with van der Waals surface area (Å²) in [5, 5.41) is 16.8. The van der Waals surface area contributed by atoms with Gasteiger partial charge in [0, 0.05) is 19.5 Å². The van der Waals surface area contributed by atoms with Crippen LogP contribution in [0.2, 0.25) is 0 Å². The average Bonchev–Trinajstić information content (AvgIpc) is 2.68. The molecule has 7 nitrogen and oxygen atoms in total. The SMILES string of the molecule is CCNC(=NCC(O)c1ccc(OC(C)C)cc1)NCCCCCC(=O)OC.I. The Balaban J connectivity index is 0.00000784. The predicted molar refractivity (Wildman–Crippen MR) is 127 cm³/mol. The zero-order chi connectivity index (χ0) is 20.8. The van der Waals surface area contributed by atoms with Gasteiger partial charge in [-0.15, -0.1) is 24.0 Å². The van der Waals surface area contributed by atoms with Gasteiger partial charge in [-0.05, 0) is 51.3 Å². The molecular formula is C21H36IN3O4. The minimum absolute atomic E-state index is 0. The summed E-state index contributed by atoms with van der Waals surface area (Å²) in [6.45, 7) is 7.72. The molecule has 0 aliphatic carbocycles. The van der Waals surface area contributed by atoms with Gasteiger partial charge >= 0.3 is 5.97 Å². The third-order valence-electron chi connectivity index (χ3n) is 3.98. The van der Waals surface area contributed by atoms with E-state index in [-0.39, 0.29) is 42.6 Å². The van der Waals surface area contributed by atoms with Crippen molar-refractivity contribution in [1.29, 1.82) is 0 Å². The number of halogens is 1. The average molecular weight is 521 g/mol. The molecule has 0 saturated heterocycles. The van der Waals surface area contributed by atoms with Crippen molar-refractivity contribution >= 4 is 35.9 Å². The molecule has 0 aliphatic heterocycles. The lowest BCUT2D eigenvalue weighted by Crippen LogP contribution is -2.38. The van der Waals surface area contributed by atoms with E-state index >= 15 is 0 Å². The molecule has 1 aromatic rings. The zero-order valence-electron chi connectivity index (χ0n) is 17.9. The lowest BCUT2D eigenvalue weighted by atomic mass is 10.1. The minimum atomic E-state index is -0.677. The van der Waals surface area contributed by atoms with E-state index in [9.17, 15) is 9.90 Å². The standard InChI is InChI=1S/C21H35N3O4.HI/c1-5-22-21(23-14-8-6-7-9-20(26)27-4)24-15-19(25)17-10-12-18(13-11-17)28-16(2)3;/h10-13,16,19,25H,5-9,14-15H2,1-4H3,(H2,22,23,24);1H. The zero-order valence-corrected chi connectivity index (χ0v) is 20.3. The van der Waals surface area contributed by atoms with Crippen molar-refractivity contribution in [2.24, 2.45) is 4.99 Å². The van der Waals surface area contributed by atoms with E-state index in [2.05, 4.69) is 20.4 Å². The van der Waals surface area contributed by atoms with Crippen molar-refractivity contribution in [1.82, 2.24) is 10.6 Å². The van der Waals surface area contributed by atoms with Gasteiger partial charge in [-0.25, -0.2) is 0 Å². The lowest BCUT2D eigenvalue weighted by Gasteiger charge is -2.14. The number of methoxy groups -OCH3 is 1. The van der Waals surface area contributed by atoms with E-state index in [1.807, 2.05) is 45.0 Å². The Morgan fingerprint density at radius 3 is 2.41 bits per heavy atom. The number of carbonyl (C=O) groups is 1. The maximum atomic E-state index is 11.1. The molecule has 1 atom stereocenters. The van der Waals surface area contributed by atoms with Crippen LogP contribution in [0.1, 0.15) is 58.1 Å². The van der Waals surface area contributed by atoms with Gasteiger partial charge in [0.05, 0.1) is 25.9 Å². The molecule has 1 unspecified atom stereocenters. The Kier molecular flexibility index (Phi) is 15.4. The van der Waals surface area contributed by atoms with Crippen LogP contribution in [0.15, 0.2) is 29.3 Å². The fraction of sp³-hybridized carbons (Fsp3) is 0.619. The summed E-state index contributed by atoms with van der Waals surface area (Å²) in [5.41, 5.74) is 0.804. The first-order chi connectivity index (χ1) is 13.5. The molecule has 0 amide bonds. The fourth-order valence-corrected chi connectivity index (χ4v) is 2.55. The minimum Gasteiger partial charge on any atom is -0.491 e. The Morgan fingerprint density at radius 1 is 1.14 bits per heavy atom. The second-order valence-electron chi connectivity index (χ2n) is 6.78. The van der Waals surface area contributed by atoms with E-state index in [0.29, 0.717) is 12.4 Å². The van der Waals surface area contributed by atoms with E-state index in [1.54, 1.807) is 0 Å². The van der Waals surface area contributed by atoms with Gasteiger partial charge < -0.3 is 25.2 Å². The number of rotatable bonds is 12. The number of carbonyl (C=O) groups excluding carboxylic acids is 1. The van der Waals surface area contributed by atoms with Crippen molar-refractivity contribution in [3.05, 3.63) is 29.8 Å². The highest BCUT2D eigenvalue weighted by atomic mass is 127. The summed E-state index contributed by atoms with van der Waals surface area (Å²) in [6, 6.07) is 7.44. The third kappa shape index (κ3) is 12.6. The Morgan fingerprint density at radius 2 is 1.83 bits per heavy atom. The molecule has 8 heteroatoms. The predicted octanol–water partition coefficient (Wildman–Crippen LogP) is 3.41. The van der Waals surface area contributed by atoms with Crippen molar-refractivity contribution < 1.29 is 19.4 Å². The van der Waals surface area contributed by atoms with Gasteiger partial charge in [0.2, 0.25) is 0 Å². The maximum absolute atomic E-state index is 11.1. The molecule has 0 aromatic heterocycles. The number of aliphatic imine (C=N–C) groups is 1. The maximum Gasteiger partial charge on any atom is 0.305 e. The topological polar surface area (TPSA) is 92.2 Å². The molecule has 0 bridgehead atoms. The molecule has 3 N–H and O–H groups in total. The Bertz CT molecular complexity index is 594. The lowest BCUT2D eigenvalue weighted by molar-refractivity contribution is -0.140. The molecule has 0 spiro atoms. The van der Waals surface area contributed by atoms with Crippen LogP contribution in [0.5, 0.6) is 5.75 Å². The Hall–Kier alpha value is -1.55. The first-order valence-corrected chi connectivity index (χ1v) is 10.00. The number of esters is 1. The van der Waals surface area contributed by atoms with Crippen LogP contribution in [-0.4, -0.2) is 49.9 Å². The number of nitrogens with zero attached hydrogens (tertiary/aromatic N) is 1. The van der Waals surface area contributed by atoms with Crippen molar-refractivity contribution in [3.8, 4) is 5.75 Å². The molecule has 0 heterocycles. The number of ether oxygens (including phenoxy) is 2. The van der Waals surface area contributed by atoms with Gasteiger partial charge in [0.1, 0.15) is 5.75 Å². The number of guanidine groups is 1. The number of unbranched alkanes of at least 4 members (excludes halogenated alkanes) is 2. The van der Waals surface area contributed by atoms with Gasteiger partial charge in [-0.3, -0.25) is 9.79 Å². The number of hydrogen-bond donors (Lipinski definition) is 3. The third-order valence-corrected chi connectivity index (χ3v) is 3.98. The molecule has 0 radical (unpaired) electrons. The summed E-state index contributed by atoms with van der Waals surface area (Å²) in [5.74, 6) is 1.30. The van der Waals surface area contributed by atoms with Crippen LogP contribution in [0.3, 0.4) is 0 Å². The first kappa shape index (κ1) is 27.5. The monoisotopic (exact) mass is 521 g/mol. The number of hydrogen-bond acceptors (Lipinski definition) is 5. The van der Waals surface area contributed by atoms with E-state index < -0.39 is 6.10 Å². The molecular weight excluding hydrogens is 485 g/mol. The number of nitrogens with one attached hydrogen (secondary N) is 2. The van der Waals surface area contributed by atoms with Crippen LogP contribution in [0, 0.1) is 0 Å². The summed E-state index contributed by atoms with van der Waals surface area (Å²) in [6.07, 6.45) is 2.59. The Labute approximate surface area is 191 Å². The second kappa shape index (κ2) is 16.3. The molecule has 0 saturated carbocycles. The van der Waals surface area contributed by atoms with Crippen molar-refractivity contribution in [2.45, 2.75) is 58.7 Å². The van der Waals surface area contributed by atoms with Crippen LogP contribution in [0.4, 0.5) is 0 Å². The summed E-state index contributed by atoms with van der Waals surface area (Å²) >= 11 is 0. The molecule has 1 aromatic carbocycles. The highest BCUT2D eigenvalue weighted by Crippen LogP contribution is 2.19. The number of aliphatic hydroxyl groups is 1. The first-order valence-electron chi connectivity index (χ1n) is 10.00. The smallest absolute Gasteiger partial charge is 0.305 e. The van der Waals surface area contributed by atoms with Crippen LogP contribution in [-0.2, 0) is 9.53 Å².